The Morgan fingerprint density at radius 1 is 1.41 bits per heavy atom. The van der Waals surface area contributed by atoms with Gasteiger partial charge in [-0.15, -0.1) is 0 Å². The van der Waals surface area contributed by atoms with Gasteiger partial charge in [0.1, 0.15) is 5.29 Å². The Balaban J connectivity index is 4.10. The van der Waals surface area contributed by atoms with Crippen molar-refractivity contribution < 1.29 is 19.1 Å². The van der Waals surface area contributed by atoms with E-state index < -0.39 is 5.97 Å². The molecule has 1 N–H and O–H groups in total. The first-order valence-corrected chi connectivity index (χ1v) is 7.76. The van der Waals surface area contributed by atoms with Gasteiger partial charge in [0.15, 0.2) is 11.6 Å². The number of nitrogens with one attached hydrogen (secondary N) is 1. The first kappa shape index (κ1) is 16.3. The molecule has 0 rings (SSSR count). The molecule has 0 aromatic carbocycles. The highest BCUT2D eigenvalue weighted by Crippen LogP contribution is 2.13. The molecule has 0 radical (unpaired) electrons. The fourth-order valence-corrected chi connectivity index (χ4v) is 2.24. The largest absolute Gasteiger partial charge is 0.462 e. The number of esters is 1. The SMILES string of the molecule is BC(=O)NCCCC(=O)/C(=P/P)C(=O)OCC. The summed E-state index contributed by atoms with van der Waals surface area (Å²) in [6.07, 6.45) is 0.747. The minimum absolute atomic E-state index is 0.129. The molecule has 0 heterocycles. The van der Waals surface area contributed by atoms with Gasteiger partial charge in [-0.1, -0.05) is 16.8 Å². The molecule has 0 aromatic heterocycles. The molecule has 0 spiro atoms. The summed E-state index contributed by atoms with van der Waals surface area (Å²) in [6.45, 7) is 2.38. The summed E-state index contributed by atoms with van der Waals surface area (Å²) in [5.41, 5.74) is 0. The van der Waals surface area contributed by atoms with Gasteiger partial charge in [0.2, 0.25) is 7.85 Å². The lowest BCUT2D eigenvalue weighted by molar-refractivity contribution is -0.135. The van der Waals surface area contributed by atoms with E-state index in [0.29, 0.717) is 20.9 Å². The molecule has 1 amide bonds. The number of carbonyl (C=O) groups is 3. The van der Waals surface area contributed by atoms with E-state index in [1.165, 1.54) is 7.85 Å². The van der Waals surface area contributed by atoms with Crippen molar-refractivity contribution >= 4 is 47.5 Å². The Morgan fingerprint density at radius 3 is 2.53 bits per heavy atom. The fraction of sp³-hybridized carbons (Fsp3) is 0.556. The molecule has 5 nitrogen and oxygen atoms in total. The van der Waals surface area contributed by atoms with Gasteiger partial charge in [0.05, 0.1) is 6.61 Å². The maximum Gasteiger partial charge on any atom is 0.346 e. The maximum absolute atomic E-state index is 11.7. The molecule has 0 aromatic rings. The first-order valence-electron chi connectivity index (χ1n) is 5.25. The molecule has 0 aliphatic heterocycles. The minimum atomic E-state index is -0.561. The number of hydrogen-bond acceptors (Lipinski definition) is 4. The van der Waals surface area contributed by atoms with Crippen LogP contribution in [-0.4, -0.2) is 43.9 Å². The standard InChI is InChI=1S/C9H16BNO4P2/c1-2-15-8(13)7(17-16)6(12)4-3-5-11-9(10)14/h2-5,10,16H2,1H3,(H,11,14). The average Bonchev–Trinajstić information content (AvgIpc) is 2.25. The van der Waals surface area contributed by atoms with E-state index >= 15 is 0 Å². The number of carbonyl (C=O) groups excluding carboxylic acids is 3. The smallest absolute Gasteiger partial charge is 0.346 e. The van der Waals surface area contributed by atoms with Gasteiger partial charge >= 0.3 is 5.97 Å². The second-order valence-electron chi connectivity index (χ2n) is 3.21. The third kappa shape index (κ3) is 7.25. The van der Waals surface area contributed by atoms with Crippen LogP contribution in [0, 0.1) is 0 Å². The Labute approximate surface area is 105 Å². The van der Waals surface area contributed by atoms with Crippen LogP contribution in [-0.2, 0) is 14.3 Å². The van der Waals surface area contributed by atoms with Crippen molar-refractivity contribution in [2.45, 2.75) is 19.8 Å². The highest BCUT2D eigenvalue weighted by molar-refractivity contribution is 8.03. The molecule has 0 aliphatic rings. The van der Waals surface area contributed by atoms with Gasteiger partial charge in [-0.2, -0.15) is 0 Å². The molecular formula is C9H16BNO4P2. The molecule has 1 unspecified atom stereocenters. The quantitative estimate of drug-likeness (QED) is 0.236. The van der Waals surface area contributed by atoms with Crippen molar-refractivity contribution in [2.75, 3.05) is 13.2 Å². The molecule has 8 heteroatoms. The van der Waals surface area contributed by atoms with Crippen LogP contribution >= 0.6 is 16.8 Å². The third-order valence-corrected chi connectivity index (χ3v) is 3.28. The van der Waals surface area contributed by atoms with Gasteiger partial charge in [-0.3, -0.25) is 9.59 Å². The van der Waals surface area contributed by atoms with Crippen LogP contribution in [0.15, 0.2) is 0 Å². The zero-order chi connectivity index (χ0) is 13.3. The number of hydrogen-bond donors (Lipinski definition) is 1. The highest BCUT2D eigenvalue weighted by Gasteiger charge is 2.18. The molecule has 17 heavy (non-hydrogen) atoms. The van der Waals surface area contributed by atoms with Crippen LogP contribution in [0.5, 0.6) is 0 Å². The predicted molar refractivity (Wildman–Crippen MR) is 74.5 cm³/mol. The second kappa shape index (κ2) is 9.32. The van der Waals surface area contributed by atoms with E-state index in [1.807, 2.05) is 0 Å². The second-order valence-corrected chi connectivity index (χ2v) is 4.69. The van der Waals surface area contributed by atoms with Gasteiger partial charge in [-0.25, -0.2) is 4.79 Å². The molecule has 94 valence electrons. The van der Waals surface area contributed by atoms with Crippen LogP contribution in [0.1, 0.15) is 19.8 Å². The number of amides is 1. The summed E-state index contributed by atoms with van der Waals surface area (Å²) >= 11 is 0. The summed E-state index contributed by atoms with van der Waals surface area (Å²) in [6, 6.07) is 0. The third-order valence-electron chi connectivity index (χ3n) is 1.82. The number of ketones is 1. The topological polar surface area (TPSA) is 72.5 Å². The Morgan fingerprint density at radius 2 is 2.06 bits per heavy atom. The Bertz CT molecular complexity index is 333. The number of ether oxygens (including phenoxy) is 1. The normalized spacial score (nSPS) is 10.8. The molecule has 0 saturated carbocycles. The molecule has 0 fully saturated rings. The van der Waals surface area contributed by atoms with Gasteiger partial charge in [0, 0.05) is 13.0 Å². The van der Waals surface area contributed by atoms with E-state index in [0.717, 1.165) is 0 Å². The van der Waals surface area contributed by atoms with Gasteiger partial charge in [0.25, 0.3) is 0 Å². The van der Waals surface area contributed by atoms with Gasteiger partial charge < -0.3 is 10.1 Å². The Hall–Kier alpha value is -0.725. The van der Waals surface area contributed by atoms with Crippen molar-refractivity contribution in [3.05, 3.63) is 0 Å². The van der Waals surface area contributed by atoms with E-state index in [1.54, 1.807) is 6.92 Å². The summed E-state index contributed by atoms with van der Waals surface area (Å²) < 4.78 is 4.77. The lowest BCUT2D eigenvalue weighted by Crippen LogP contribution is -2.27. The zero-order valence-corrected chi connectivity index (χ0v) is 12.0. The van der Waals surface area contributed by atoms with Crippen LogP contribution in [0.25, 0.3) is 0 Å². The van der Waals surface area contributed by atoms with Crippen LogP contribution in [0.4, 0.5) is 4.79 Å². The van der Waals surface area contributed by atoms with Crippen LogP contribution in [0.3, 0.4) is 0 Å². The maximum atomic E-state index is 11.7. The lowest BCUT2D eigenvalue weighted by Gasteiger charge is -2.05. The minimum Gasteiger partial charge on any atom is -0.462 e. The van der Waals surface area contributed by atoms with Crippen molar-refractivity contribution in [2.24, 2.45) is 0 Å². The highest BCUT2D eigenvalue weighted by atomic mass is 32.0. The summed E-state index contributed by atoms with van der Waals surface area (Å²) in [7, 11) is 4.26. The molecular weight excluding hydrogens is 259 g/mol. The van der Waals surface area contributed by atoms with Crippen molar-refractivity contribution in [1.29, 1.82) is 0 Å². The van der Waals surface area contributed by atoms with Crippen molar-refractivity contribution in [3.8, 4) is 0 Å². The van der Waals surface area contributed by atoms with Gasteiger partial charge in [-0.05, 0) is 13.3 Å². The summed E-state index contributed by atoms with van der Waals surface area (Å²) in [5.74, 6) is -0.921. The first-order chi connectivity index (χ1) is 8.02. The fourth-order valence-electron chi connectivity index (χ4n) is 1.07. The van der Waals surface area contributed by atoms with E-state index in [-0.39, 0.29) is 29.9 Å². The van der Waals surface area contributed by atoms with E-state index in [4.69, 9.17) is 4.74 Å². The van der Waals surface area contributed by atoms with Crippen molar-refractivity contribution in [1.82, 2.24) is 5.32 Å². The number of Topliss-reactive ketones (excluding diaryl/α,β-unsaturated/α-hetero) is 1. The molecule has 0 aliphatic carbocycles. The van der Waals surface area contributed by atoms with E-state index in [9.17, 15) is 14.4 Å². The number of rotatable bonds is 7. The van der Waals surface area contributed by atoms with Crippen LogP contribution in [0.2, 0.25) is 0 Å². The summed E-state index contributed by atoms with van der Waals surface area (Å²) in [5, 5.41) is 2.73. The predicted octanol–water partition coefficient (Wildman–Crippen LogP) is 0.150. The monoisotopic (exact) mass is 275 g/mol. The van der Waals surface area contributed by atoms with E-state index in [2.05, 4.69) is 14.2 Å². The lowest BCUT2D eigenvalue weighted by atomic mass is 10.1. The summed E-state index contributed by atoms with van der Waals surface area (Å²) in [4.78, 5) is 33.6. The molecule has 0 saturated heterocycles. The Kier molecular flexibility index (Phi) is 8.92. The van der Waals surface area contributed by atoms with Crippen molar-refractivity contribution in [3.63, 3.8) is 0 Å². The molecule has 0 bridgehead atoms. The molecule has 1 atom stereocenters. The average molecular weight is 275 g/mol. The zero-order valence-electron chi connectivity index (χ0n) is 9.99. The van der Waals surface area contributed by atoms with Crippen LogP contribution < -0.4 is 5.32 Å².